The number of aromatic nitrogens is 1. The van der Waals surface area contributed by atoms with Crippen molar-refractivity contribution in [3.63, 3.8) is 0 Å². The normalized spacial score (nSPS) is 11.2. The van der Waals surface area contributed by atoms with E-state index in [0.717, 1.165) is 12.1 Å². The fraction of sp³-hybridized carbons (Fsp3) is 0.0769. The van der Waals surface area contributed by atoms with Crippen molar-refractivity contribution in [1.82, 2.24) is 4.98 Å². The quantitative estimate of drug-likeness (QED) is 0.852. The van der Waals surface area contributed by atoms with Gasteiger partial charge in [0, 0.05) is 11.9 Å². The number of anilines is 2. The minimum Gasteiger partial charge on any atom is -0.388 e. The second kappa shape index (κ2) is 5.46. The maximum atomic E-state index is 12.6. The van der Waals surface area contributed by atoms with Crippen molar-refractivity contribution in [2.75, 3.05) is 5.32 Å². The lowest BCUT2D eigenvalue weighted by Crippen LogP contribution is -2.14. The van der Waals surface area contributed by atoms with Crippen LogP contribution in [0.5, 0.6) is 0 Å². The summed E-state index contributed by atoms with van der Waals surface area (Å²) in [6, 6.07) is 8.13. The molecule has 0 aliphatic carbocycles. The third-order valence-corrected chi connectivity index (χ3v) is 2.70. The van der Waals surface area contributed by atoms with Crippen molar-refractivity contribution in [1.29, 1.82) is 0 Å². The topological polar surface area (TPSA) is 50.9 Å². The summed E-state index contributed by atoms with van der Waals surface area (Å²) >= 11 is 4.85. The number of rotatable bonds is 3. The molecule has 104 valence electrons. The standard InChI is InChI=1S/C13H10F3N3S/c14-13(15,16)8-3-1-4-9(7-8)19-10-5-2-6-18-11(10)12(17)20/h1-7,19H,(H2,17,20). The first-order valence-corrected chi connectivity index (χ1v) is 5.98. The van der Waals surface area contributed by atoms with Crippen LogP contribution in [0.2, 0.25) is 0 Å². The molecule has 1 aromatic carbocycles. The molecule has 0 spiro atoms. The van der Waals surface area contributed by atoms with Gasteiger partial charge in [0.15, 0.2) is 0 Å². The van der Waals surface area contributed by atoms with Gasteiger partial charge >= 0.3 is 6.18 Å². The van der Waals surface area contributed by atoms with Gasteiger partial charge in [-0.05, 0) is 30.3 Å². The van der Waals surface area contributed by atoms with Crippen LogP contribution in [0.25, 0.3) is 0 Å². The fourth-order valence-electron chi connectivity index (χ4n) is 1.63. The largest absolute Gasteiger partial charge is 0.416 e. The molecule has 0 fully saturated rings. The molecular formula is C13H10F3N3S. The predicted molar refractivity (Wildman–Crippen MR) is 74.9 cm³/mol. The van der Waals surface area contributed by atoms with Crippen LogP contribution in [-0.2, 0) is 6.18 Å². The fourth-order valence-corrected chi connectivity index (χ4v) is 1.79. The summed E-state index contributed by atoms with van der Waals surface area (Å²) in [5, 5.41) is 2.84. The van der Waals surface area contributed by atoms with Gasteiger partial charge < -0.3 is 11.1 Å². The zero-order valence-corrected chi connectivity index (χ0v) is 10.9. The minimum absolute atomic E-state index is 0.0695. The summed E-state index contributed by atoms with van der Waals surface area (Å²) in [6.07, 6.45) is -2.88. The van der Waals surface area contributed by atoms with Gasteiger partial charge in [-0.25, -0.2) is 0 Å². The third-order valence-electron chi connectivity index (χ3n) is 2.51. The average molecular weight is 297 g/mol. The number of nitrogens with zero attached hydrogens (tertiary/aromatic N) is 1. The molecule has 2 rings (SSSR count). The molecule has 0 unspecified atom stereocenters. The molecule has 1 heterocycles. The number of alkyl halides is 3. The first-order chi connectivity index (χ1) is 9.38. The maximum Gasteiger partial charge on any atom is 0.416 e. The molecule has 0 atom stereocenters. The Hall–Kier alpha value is -2.15. The smallest absolute Gasteiger partial charge is 0.388 e. The van der Waals surface area contributed by atoms with E-state index >= 15 is 0 Å². The van der Waals surface area contributed by atoms with E-state index in [4.69, 9.17) is 18.0 Å². The van der Waals surface area contributed by atoms with Gasteiger partial charge in [-0.2, -0.15) is 13.2 Å². The van der Waals surface area contributed by atoms with Gasteiger partial charge in [-0.1, -0.05) is 18.3 Å². The van der Waals surface area contributed by atoms with Crippen LogP contribution in [0.15, 0.2) is 42.6 Å². The average Bonchev–Trinajstić information content (AvgIpc) is 2.38. The van der Waals surface area contributed by atoms with Crippen LogP contribution in [0.1, 0.15) is 11.3 Å². The zero-order valence-electron chi connectivity index (χ0n) is 10.1. The Morgan fingerprint density at radius 1 is 1.20 bits per heavy atom. The summed E-state index contributed by atoms with van der Waals surface area (Å²) in [4.78, 5) is 4.06. The highest BCUT2D eigenvalue weighted by atomic mass is 32.1. The van der Waals surface area contributed by atoms with Gasteiger partial charge in [-0.15, -0.1) is 0 Å². The van der Waals surface area contributed by atoms with Crippen molar-refractivity contribution in [2.24, 2.45) is 5.73 Å². The first-order valence-electron chi connectivity index (χ1n) is 5.57. The first kappa shape index (κ1) is 14.3. The molecule has 0 radical (unpaired) electrons. The molecule has 0 saturated heterocycles. The molecule has 0 amide bonds. The third kappa shape index (κ3) is 3.24. The van der Waals surface area contributed by atoms with Crippen LogP contribution in [0, 0.1) is 0 Å². The highest BCUT2D eigenvalue weighted by molar-refractivity contribution is 7.80. The molecule has 2 aromatic rings. The lowest BCUT2D eigenvalue weighted by atomic mass is 10.2. The number of halogens is 3. The van der Waals surface area contributed by atoms with E-state index in [0.29, 0.717) is 11.4 Å². The van der Waals surface area contributed by atoms with Crippen molar-refractivity contribution in [2.45, 2.75) is 6.18 Å². The number of thiocarbonyl (C=S) groups is 1. The molecule has 7 heteroatoms. The number of pyridine rings is 1. The van der Waals surface area contributed by atoms with Crippen molar-refractivity contribution in [3.8, 4) is 0 Å². The number of hydrogen-bond donors (Lipinski definition) is 2. The second-order valence-electron chi connectivity index (χ2n) is 3.97. The number of nitrogens with one attached hydrogen (secondary N) is 1. The molecule has 3 N–H and O–H groups in total. The maximum absolute atomic E-state index is 12.6. The molecule has 0 saturated carbocycles. The molecular weight excluding hydrogens is 287 g/mol. The highest BCUT2D eigenvalue weighted by Gasteiger charge is 2.30. The molecule has 3 nitrogen and oxygen atoms in total. The van der Waals surface area contributed by atoms with E-state index in [1.807, 2.05) is 0 Å². The summed E-state index contributed by atoms with van der Waals surface area (Å²) in [6.45, 7) is 0. The van der Waals surface area contributed by atoms with Gasteiger partial charge in [0.2, 0.25) is 0 Å². The van der Waals surface area contributed by atoms with Gasteiger partial charge in [0.05, 0.1) is 11.3 Å². The SMILES string of the molecule is NC(=S)c1ncccc1Nc1cccc(C(F)(F)F)c1. The highest BCUT2D eigenvalue weighted by Crippen LogP contribution is 2.31. The van der Waals surface area contributed by atoms with Crippen LogP contribution >= 0.6 is 12.2 Å². The number of nitrogens with two attached hydrogens (primary N) is 1. The minimum atomic E-state index is -4.39. The Morgan fingerprint density at radius 2 is 1.95 bits per heavy atom. The van der Waals surface area contributed by atoms with E-state index in [1.165, 1.54) is 18.3 Å². The summed E-state index contributed by atoms with van der Waals surface area (Å²) in [5.74, 6) is 0. The van der Waals surface area contributed by atoms with Gasteiger partial charge in [0.25, 0.3) is 0 Å². The van der Waals surface area contributed by atoms with Crippen LogP contribution in [0.3, 0.4) is 0 Å². The van der Waals surface area contributed by atoms with Crippen molar-refractivity contribution < 1.29 is 13.2 Å². The van der Waals surface area contributed by atoms with Crippen LogP contribution in [0.4, 0.5) is 24.5 Å². The van der Waals surface area contributed by atoms with Gasteiger partial charge in [0.1, 0.15) is 10.7 Å². The lowest BCUT2D eigenvalue weighted by Gasteiger charge is -2.12. The Morgan fingerprint density at radius 3 is 2.60 bits per heavy atom. The van der Waals surface area contributed by atoms with E-state index in [-0.39, 0.29) is 10.7 Å². The molecule has 1 aromatic heterocycles. The molecule has 0 aliphatic rings. The monoisotopic (exact) mass is 297 g/mol. The van der Waals surface area contributed by atoms with E-state index in [9.17, 15) is 13.2 Å². The molecule has 0 aliphatic heterocycles. The summed E-state index contributed by atoms with van der Waals surface area (Å²) < 4.78 is 37.9. The summed E-state index contributed by atoms with van der Waals surface area (Å²) in [7, 11) is 0. The van der Waals surface area contributed by atoms with E-state index in [1.54, 1.807) is 12.1 Å². The van der Waals surface area contributed by atoms with Crippen molar-refractivity contribution in [3.05, 3.63) is 53.9 Å². The lowest BCUT2D eigenvalue weighted by molar-refractivity contribution is -0.137. The number of benzene rings is 1. The Bertz CT molecular complexity index is 641. The Balaban J connectivity index is 2.34. The van der Waals surface area contributed by atoms with Gasteiger partial charge in [-0.3, -0.25) is 4.98 Å². The van der Waals surface area contributed by atoms with E-state index < -0.39 is 11.7 Å². The number of hydrogen-bond acceptors (Lipinski definition) is 3. The predicted octanol–water partition coefficient (Wildman–Crippen LogP) is 3.48. The van der Waals surface area contributed by atoms with Crippen LogP contribution in [-0.4, -0.2) is 9.97 Å². The Kier molecular flexibility index (Phi) is 3.89. The molecule has 20 heavy (non-hydrogen) atoms. The van der Waals surface area contributed by atoms with Crippen LogP contribution < -0.4 is 11.1 Å². The van der Waals surface area contributed by atoms with Crippen molar-refractivity contribution >= 4 is 28.6 Å². The Labute approximate surface area is 118 Å². The zero-order chi connectivity index (χ0) is 14.8. The second-order valence-corrected chi connectivity index (χ2v) is 4.41. The summed E-state index contributed by atoms with van der Waals surface area (Å²) in [5.41, 5.74) is 5.86. The van der Waals surface area contributed by atoms with E-state index in [2.05, 4.69) is 10.3 Å². The molecule has 0 bridgehead atoms.